The normalized spacial score (nSPS) is 27.0. The molecule has 1 fully saturated rings. The third-order valence-electron chi connectivity index (χ3n) is 3.45. The van der Waals surface area contributed by atoms with E-state index in [0.717, 1.165) is 26.0 Å². The predicted molar refractivity (Wildman–Crippen MR) is 67.9 cm³/mol. The molecule has 17 heavy (non-hydrogen) atoms. The minimum absolute atomic E-state index is 0.366. The maximum Gasteiger partial charge on any atom is 0.0561 e. The van der Waals surface area contributed by atoms with Crippen molar-refractivity contribution in [3.63, 3.8) is 0 Å². The average molecular weight is 237 g/mol. The average Bonchev–Trinajstić information content (AvgIpc) is 2.77. The van der Waals surface area contributed by atoms with E-state index in [-0.39, 0.29) is 0 Å². The molecule has 3 unspecified atom stereocenters. The maximum absolute atomic E-state index is 5.56. The van der Waals surface area contributed by atoms with Crippen molar-refractivity contribution in [1.82, 2.24) is 15.1 Å². The van der Waals surface area contributed by atoms with Gasteiger partial charge in [-0.3, -0.25) is 4.68 Å². The Hall–Kier alpha value is -0.870. The summed E-state index contributed by atoms with van der Waals surface area (Å²) in [4.78, 5) is 0. The van der Waals surface area contributed by atoms with Gasteiger partial charge in [-0.05, 0) is 33.6 Å². The van der Waals surface area contributed by atoms with Crippen molar-refractivity contribution in [2.24, 2.45) is 0 Å². The fourth-order valence-corrected chi connectivity index (χ4v) is 2.38. The number of hydrogen-bond donors (Lipinski definition) is 1. The lowest BCUT2D eigenvalue weighted by Gasteiger charge is -2.30. The molecule has 0 spiro atoms. The van der Waals surface area contributed by atoms with Gasteiger partial charge in [-0.15, -0.1) is 0 Å². The summed E-state index contributed by atoms with van der Waals surface area (Å²) in [7, 11) is 0. The van der Waals surface area contributed by atoms with Gasteiger partial charge < -0.3 is 10.1 Å². The monoisotopic (exact) mass is 237 g/mol. The van der Waals surface area contributed by atoms with Crippen molar-refractivity contribution in [1.29, 1.82) is 0 Å². The number of aromatic nitrogens is 2. The molecule has 0 saturated carbocycles. The van der Waals surface area contributed by atoms with Gasteiger partial charge in [-0.1, -0.05) is 0 Å². The van der Waals surface area contributed by atoms with Crippen LogP contribution in [0.15, 0.2) is 12.4 Å². The Balaban J connectivity index is 1.89. The summed E-state index contributed by atoms with van der Waals surface area (Å²) < 4.78 is 7.53. The van der Waals surface area contributed by atoms with Gasteiger partial charge in [-0.2, -0.15) is 5.10 Å². The van der Waals surface area contributed by atoms with Crippen LogP contribution in [0, 0.1) is 0 Å². The van der Waals surface area contributed by atoms with E-state index < -0.39 is 0 Å². The first kappa shape index (κ1) is 12.6. The van der Waals surface area contributed by atoms with Crippen LogP contribution in [-0.4, -0.2) is 28.5 Å². The molecule has 1 saturated heterocycles. The van der Waals surface area contributed by atoms with E-state index in [2.05, 4.69) is 37.4 Å². The summed E-state index contributed by atoms with van der Waals surface area (Å²) in [5.41, 5.74) is 1.27. The van der Waals surface area contributed by atoms with Gasteiger partial charge in [-0.25, -0.2) is 0 Å². The Labute approximate surface area is 103 Å². The highest BCUT2D eigenvalue weighted by molar-refractivity contribution is 5.09. The van der Waals surface area contributed by atoms with Crippen LogP contribution < -0.4 is 5.32 Å². The highest BCUT2D eigenvalue weighted by atomic mass is 16.5. The second-order valence-corrected chi connectivity index (χ2v) is 4.92. The standard InChI is InChI=1S/C13H23N3O/c1-4-16-9-12(8-14-16)11(3)15-13-5-6-17-10(2)7-13/h8-11,13,15H,4-7H2,1-3H3. The number of nitrogens with zero attached hydrogens (tertiary/aromatic N) is 2. The molecule has 1 aliphatic heterocycles. The molecule has 4 heteroatoms. The molecule has 96 valence electrons. The SMILES string of the molecule is CCn1cc(C(C)NC2CCOC(C)C2)cn1. The molecule has 1 aliphatic rings. The number of aryl methyl sites for hydroxylation is 1. The van der Waals surface area contributed by atoms with Gasteiger partial charge in [0.25, 0.3) is 0 Å². The Morgan fingerprint density at radius 2 is 2.47 bits per heavy atom. The zero-order valence-electron chi connectivity index (χ0n) is 11.0. The molecule has 0 bridgehead atoms. The van der Waals surface area contributed by atoms with Crippen LogP contribution >= 0.6 is 0 Å². The fraction of sp³-hybridized carbons (Fsp3) is 0.769. The van der Waals surface area contributed by atoms with E-state index in [9.17, 15) is 0 Å². The number of hydrogen-bond acceptors (Lipinski definition) is 3. The largest absolute Gasteiger partial charge is 0.378 e. The first-order valence-corrected chi connectivity index (χ1v) is 6.59. The van der Waals surface area contributed by atoms with Crippen molar-refractivity contribution in [2.75, 3.05) is 6.61 Å². The van der Waals surface area contributed by atoms with Crippen LogP contribution in [0.3, 0.4) is 0 Å². The third kappa shape index (κ3) is 3.30. The van der Waals surface area contributed by atoms with Crippen molar-refractivity contribution >= 4 is 0 Å². The van der Waals surface area contributed by atoms with E-state index in [4.69, 9.17) is 4.74 Å². The lowest BCUT2D eigenvalue weighted by molar-refractivity contribution is 0.0116. The molecule has 1 N–H and O–H groups in total. The van der Waals surface area contributed by atoms with Crippen LogP contribution in [-0.2, 0) is 11.3 Å². The molecule has 0 aliphatic carbocycles. The molecule has 2 heterocycles. The third-order valence-corrected chi connectivity index (χ3v) is 3.45. The first-order valence-electron chi connectivity index (χ1n) is 6.59. The van der Waals surface area contributed by atoms with Gasteiger partial charge in [0.05, 0.1) is 12.3 Å². The van der Waals surface area contributed by atoms with Gasteiger partial charge in [0, 0.05) is 37.0 Å². The number of rotatable bonds is 4. The van der Waals surface area contributed by atoms with Gasteiger partial charge in [0.15, 0.2) is 0 Å². The lowest BCUT2D eigenvalue weighted by Crippen LogP contribution is -2.39. The van der Waals surface area contributed by atoms with E-state index in [1.54, 1.807) is 0 Å². The zero-order chi connectivity index (χ0) is 12.3. The fourth-order valence-electron chi connectivity index (χ4n) is 2.38. The molecule has 1 aromatic rings. The summed E-state index contributed by atoms with van der Waals surface area (Å²) in [5.74, 6) is 0. The molecular formula is C13H23N3O. The maximum atomic E-state index is 5.56. The molecule has 2 rings (SSSR count). The summed E-state index contributed by atoms with van der Waals surface area (Å²) in [6, 6.07) is 0.935. The molecule has 0 aromatic carbocycles. The Kier molecular flexibility index (Phi) is 4.18. The van der Waals surface area contributed by atoms with Gasteiger partial charge in [0.1, 0.15) is 0 Å². The van der Waals surface area contributed by atoms with Gasteiger partial charge in [0.2, 0.25) is 0 Å². The van der Waals surface area contributed by atoms with E-state index >= 15 is 0 Å². The minimum Gasteiger partial charge on any atom is -0.378 e. The molecule has 0 radical (unpaired) electrons. The van der Waals surface area contributed by atoms with Crippen LogP contribution in [0.1, 0.15) is 45.2 Å². The second-order valence-electron chi connectivity index (χ2n) is 4.92. The Morgan fingerprint density at radius 3 is 3.12 bits per heavy atom. The topological polar surface area (TPSA) is 39.1 Å². The molecule has 1 aromatic heterocycles. The quantitative estimate of drug-likeness (QED) is 0.872. The molecular weight excluding hydrogens is 214 g/mol. The van der Waals surface area contributed by atoms with Crippen molar-refractivity contribution in [2.45, 2.75) is 58.3 Å². The molecule has 4 nitrogen and oxygen atoms in total. The molecule has 3 atom stereocenters. The summed E-state index contributed by atoms with van der Waals surface area (Å²) >= 11 is 0. The van der Waals surface area contributed by atoms with Crippen LogP contribution in [0.2, 0.25) is 0 Å². The first-order chi connectivity index (χ1) is 8.19. The smallest absolute Gasteiger partial charge is 0.0561 e. The molecule has 0 amide bonds. The van der Waals surface area contributed by atoms with E-state index in [0.29, 0.717) is 18.2 Å². The van der Waals surface area contributed by atoms with Crippen molar-refractivity contribution in [3.8, 4) is 0 Å². The van der Waals surface area contributed by atoms with Crippen molar-refractivity contribution < 1.29 is 4.74 Å². The van der Waals surface area contributed by atoms with Crippen LogP contribution in [0.5, 0.6) is 0 Å². The highest BCUT2D eigenvalue weighted by Gasteiger charge is 2.21. The highest BCUT2D eigenvalue weighted by Crippen LogP contribution is 2.18. The predicted octanol–water partition coefficient (Wildman–Crippen LogP) is 2.12. The number of nitrogens with one attached hydrogen (secondary N) is 1. The minimum atomic E-state index is 0.366. The van der Waals surface area contributed by atoms with E-state index in [1.165, 1.54) is 5.56 Å². The van der Waals surface area contributed by atoms with E-state index in [1.807, 2.05) is 10.9 Å². The van der Waals surface area contributed by atoms with Crippen LogP contribution in [0.25, 0.3) is 0 Å². The number of ether oxygens (including phenoxy) is 1. The van der Waals surface area contributed by atoms with Crippen LogP contribution in [0.4, 0.5) is 0 Å². The zero-order valence-corrected chi connectivity index (χ0v) is 11.0. The summed E-state index contributed by atoms with van der Waals surface area (Å²) in [5, 5.41) is 7.99. The summed E-state index contributed by atoms with van der Waals surface area (Å²) in [6.45, 7) is 8.26. The van der Waals surface area contributed by atoms with Gasteiger partial charge >= 0.3 is 0 Å². The Bertz CT molecular complexity index is 350. The Morgan fingerprint density at radius 1 is 1.65 bits per heavy atom. The van der Waals surface area contributed by atoms with Crippen molar-refractivity contribution in [3.05, 3.63) is 18.0 Å². The lowest BCUT2D eigenvalue weighted by atomic mass is 10.0. The second kappa shape index (κ2) is 5.65. The summed E-state index contributed by atoms with van der Waals surface area (Å²) in [6.07, 6.45) is 6.68.